The number of cyclic esters (lactones) is 1. The van der Waals surface area contributed by atoms with E-state index in [4.69, 9.17) is 9.84 Å². The number of rotatable bonds is 9. The first-order valence-corrected chi connectivity index (χ1v) is 12.1. The molecule has 0 aromatic heterocycles. The van der Waals surface area contributed by atoms with E-state index in [1.54, 1.807) is 0 Å². The second-order valence-electron chi connectivity index (χ2n) is 9.37. The van der Waals surface area contributed by atoms with Gasteiger partial charge in [-0.3, -0.25) is 19.5 Å². The van der Waals surface area contributed by atoms with E-state index in [2.05, 4.69) is 52.0 Å². The lowest BCUT2D eigenvalue weighted by atomic mass is 10.2. The average molecular weight is 460 g/mol. The van der Waals surface area contributed by atoms with Crippen LogP contribution in [0.4, 0.5) is 4.79 Å². The number of carboxylic acids is 1. The van der Waals surface area contributed by atoms with Crippen LogP contribution in [0, 0.1) is 0 Å². The van der Waals surface area contributed by atoms with Gasteiger partial charge in [-0.05, 0) is 25.5 Å². The van der Waals surface area contributed by atoms with Crippen LogP contribution in [0.1, 0.15) is 18.9 Å². The smallest absolute Gasteiger partial charge is 0.411 e. The molecule has 0 spiro atoms. The van der Waals surface area contributed by atoms with Crippen LogP contribution in [-0.2, 0) is 16.1 Å². The van der Waals surface area contributed by atoms with Gasteiger partial charge in [0.15, 0.2) is 6.23 Å². The van der Waals surface area contributed by atoms with E-state index in [9.17, 15) is 9.59 Å². The molecule has 182 valence electrons. The van der Waals surface area contributed by atoms with Crippen molar-refractivity contribution in [2.24, 2.45) is 0 Å². The number of carbonyl (C=O) groups excluding carboxylic acids is 1. The summed E-state index contributed by atoms with van der Waals surface area (Å²) in [7, 11) is 0. The zero-order chi connectivity index (χ0) is 23.2. The van der Waals surface area contributed by atoms with Gasteiger partial charge in [0.05, 0.1) is 12.6 Å². The topological polar surface area (TPSA) is 79.8 Å². The molecule has 0 saturated carbocycles. The summed E-state index contributed by atoms with van der Waals surface area (Å²) in [6, 6.07) is 10.6. The maximum Gasteiger partial charge on any atom is 0.411 e. The molecule has 1 amide bonds. The Balaban J connectivity index is 1.15. The fraction of sp³-hybridized carbons (Fsp3) is 0.667. The monoisotopic (exact) mass is 459 g/mol. The van der Waals surface area contributed by atoms with E-state index in [0.29, 0.717) is 19.6 Å². The van der Waals surface area contributed by atoms with E-state index >= 15 is 0 Å². The lowest BCUT2D eigenvalue weighted by Gasteiger charge is -2.37. The third-order valence-electron chi connectivity index (χ3n) is 7.07. The second kappa shape index (κ2) is 11.3. The summed E-state index contributed by atoms with van der Waals surface area (Å²) in [5.74, 6) is -0.798. The van der Waals surface area contributed by atoms with Crippen LogP contribution in [0.5, 0.6) is 0 Å². The fourth-order valence-electron chi connectivity index (χ4n) is 5.11. The Morgan fingerprint density at radius 3 is 2.24 bits per heavy atom. The summed E-state index contributed by atoms with van der Waals surface area (Å²) < 4.78 is 5.71. The molecule has 3 aliphatic rings. The van der Waals surface area contributed by atoms with Gasteiger partial charge in [-0.2, -0.15) is 0 Å². The minimum atomic E-state index is -0.798. The van der Waals surface area contributed by atoms with E-state index in [1.165, 1.54) is 5.56 Å². The molecule has 0 radical (unpaired) electrons. The zero-order valence-corrected chi connectivity index (χ0v) is 19.6. The molecule has 1 aromatic rings. The Hall–Kier alpha value is -2.20. The van der Waals surface area contributed by atoms with Crippen molar-refractivity contribution in [2.45, 2.75) is 32.2 Å². The molecule has 3 heterocycles. The summed E-state index contributed by atoms with van der Waals surface area (Å²) in [6.07, 6.45) is 0.469. The molecular formula is C24H37N5O4. The molecular weight excluding hydrogens is 422 g/mol. The van der Waals surface area contributed by atoms with Gasteiger partial charge in [0.25, 0.3) is 0 Å². The molecule has 2 atom stereocenters. The maximum atomic E-state index is 12.5. The van der Waals surface area contributed by atoms with E-state index in [-0.39, 0.29) is 24.9 Å². The van der Waals surface area contributed by atoms with Crippen LogP contribution < -0.4 is 0 Å². The van der Waals surface area contributed by atoms with E-state index in [1.807, 2.05) is 9.80 Å². The van der Waals surface area contributed by atoms with Crippen molar-refractivity contribution < 1.29 is 19.4 Å². The summed E-state index contributed by atoms with van der Waals surface area (Å²) in [5.41, 5.74) is 1.37. The summed E-state index contributed by atoms with van der Waals surface area (Å²) in [4.78, 5) is 34.4. The van der Waals surface area contributed by atoms with Crippen molar-refractivity contribution in [1.82, 2.24) is 24.5 Å². The van der Waals surface area contributed by atoms with Gasteiger partial charge in [0.1, 0.15) is 0 Å². The van der Waals surface area contributed by atoms with Gasteiger partial charge in [-0.1, -0.05) is 30.3 Å². The summed E-state index contributed by atoms with van der Waals surface area (Å²) in [6.45, 7) is 11.9. The highest BCUT2D eigenvalue weighted by atomic mass is 16.6. The number of benzene rings is 1. The first kappa shape index (κ1) is 23.9. The maximum absolute atomic E-state index is 12.5. The van der Waals surface area contributed by atoms with Gasteiger partial charge in [-0.15, -0.1) is 0 Å². The first-order chi connectivity index (χ1) is 16.0. The Labute approximate surface area is 196 Å². The minimum Gasteiger partial charge on any atom is -0.480 e. The number of carboxylic acid groups (broad SMARTS) is 1. The van der Waals surface area contributed by atoms with Crippen molar-refractivity contribution in [3.8, 4) is 0 Å². The Morgan fingerprint density at radius 1 is 0.939 bits per heavy atom. The van der Waals surface area contributed by atoms with Gasteiger partial charge in [0, 0.05) is 65.4 Å². The highest BCUT2D eigenvalue weighted by Crippen LogP contribution is 2.24. The predicted molar refractivity (Wildman–Crippen MR) is 125 cm³/mol. The Bertz CT molecular complexity index is 778. The molecule has 4 rings (SSSR count). The highest BCUT2D eigenvalue weighted by Gasteiger charge is 2.42. The number of piperazine rings is 2. The van der Waals surface area contributed by atoms with E-state index in [0.717, 1.165) is 58.8 Å². The summed E-state index contributed by atoms with van der Waals surface area (Å²) >= 11 is 0. The second-order valence-corrected chi connectivity index (χ2v) is 9.37. The van der Waals surface area contributed by atoms with Crippen LogP contribution in [0.2, 0.25) is 0 Å². The summed E-state index contributed by atoms with van der Waals surface area (Å²) in [5, 5.41) is 8.97. The normalized spacial score (nSPS) is 26.0. The SMILES string of the molecule is CC1C(N2CCN(CC(=O)O)CC2)OC(=O)N1CCCN1CCN(Cc2ccccc2)CC1. The standard InChI is InChI=1S/C24H37N5O4/c1-20-23(28-16-14-27(15-17-28)19-22(30)31)33-24(32)29(20)9-5-8-25-10-12-26(13-11-25)18-21-6-3-2-4-7-21/h2-4,6-7,20,23H,5,8-19H2,1H3,(H,30,31). The minimum absolute atomic E-state index is 0.00578. The number of hydrogen-bond acceptors (Lipinski definition) is 7. The van der Waals surface area contributed by atoms with Gasteiger partial charge >= 0.3 is 12.1 Å². The molecule has 3 saturated heterocycles. The quantitative estimate of drug-likeness (QED) is 0.587. The van der Waals surface area contributed by atoms with Crippen LogP contribution >= 0.6 is 0 Å². The molecule has 9 nitrogen and oxygen atoms in total. The molecule has 33 heavy (non-hydrogen) atoms. The predicted octanol–water partition coefficient (Wildman–Crippen LogP) is 1.06. The molecule has 0 bridgehead atoms. The average Bonchev–Trinajstić information content (AvgIpc) is 3.09. The molecule has 1 aromatic carbocycles. The van der Waals surface area contributed by atoms with Crippen LogP contribution in [0.15, 0.2) is 30.3 Å². The van der Waals surface area contributed by atoms with Crippen molar-refractivity contribution in [3.05, 3.63) is 35.9 Å². The van der Waals surface area contributed by atoms with Crippen molar-refractivity contribution in [3.63, 3.8) is 0 Å². The molecule has 1 N–H and O–H groups in total. The van der Waals surface area contributed by atoms with Crippen LogP contribution in [-0.4, -0.2) is 126 Å². The van der Waals surface area contributed by atoms with Gasteiger partial charge in [0.2, 0.25) is 0 Å². The zero-order valence-electron chi connectivity index (χ0n) is 19.6. The third-order valence-corrected chi connectivity index (χ3v) is 7.07. The van der Waals surface area contributed by atoms with Gasteiger partial charge in [-0.25, -0.2) is 4.79 Å². The number of hydrogen-bond donors (Lipinski definition) is 1. The van der Waals surface area contributed by atoms with Gasteiger partial charge < -0.3 is 19.6 Å². The fourth-order valence-corrected chi connectivity index (χ4v) is 5.11. The largest absolute Gasteiger partial charge is 0.480 e. The molecule has 3 fully saturated rings. The molecule has 9 heteroatoms. The van der Waals surface area contributed by atoms with Crippen LogP contribution in [0.3, 0.4) is 0 Å². The molecule has 0 aliphatic carbocycles. The van der Waals surface area contributed by atoms with Crippen molar-refractivity contribution in [1.29, 1.82) is 0 Å². The first-order valence-electron chi connectivity index (χ1n) is 12.1. The Kier molecular flexibility index (Phi) is 8.19. The number of amides is 1. The van der Waals surface area contributed by atoms with Crippen molar-refractivity contribution >= 4 is 12.1 Å². The van der Waals surface area contributed by atoms with Crippen molar-refractivity contribution in [2.75, 3.05) is 72.0 Å². The number of aliphatic carboxylic acids is 1. The van der Waals surface area contributed by atoms with Crippen LogP contribution in [0.25, 0.3) is 0 Å². The number of nitrogens with zero attached hydrogens (tertiary/aromatic N) is 5. The Morgan fingerprint density at radius 2 is 1.58 bits per heavy atom. The number of ether oxygens (including phenoxy) is 1. The molecule has 3 aliphatic heterocycles. The molecule has 2 unspecified atom stereocenters. The lowest BCUT2D eigenvalue weighted by molar-refractivity contribution is -0.139. The number of carbonyl (C=O) groups is 2. The lowest BCUT2D eigenvalue weighted by Crippen LogP contribution is -2.54. The highest BCUT2D eigenvalue weighted by molar-refractivity contribution is 5.70. The van der Waals surface area contributed by atoms with E-state index < -0.39 is 5.97 Å². The third kappa shape index (κ3) is 6.44.